The molecule has 1 aliphatic rings. The molecule has 0 bridgehead atoms. The number of fused-ring (bicyclic) bond motifs is 1. The van der Waals surface area contributed by atoms with Crippen LogP contribution in [0.25, 0.3) is 10.8 Å². The highest BCUT2D eigenvalue weighted by Crippen LogP contribution is 2.42. The van der Waals surface area contributed by atoms with Gasteiger partial charge < -0.3 is 20.5 Å². The van der Waals surface area contributed by atoms with Crippen LogP contribution in [0.5, 0.6) is 0 Å². The number of carbonyl (C=O) groups is 1. The highest BCUT2D eigenvalue weighted by molar-refractivity contribution is 14.1. The van der Waals surface area contributed by atoms with Crippen LogP contribution in [0.3, 0.4) is 0 Å². The molecular weight excluding hydrogens is 569 g/mol. The first-order chi connectivity index (χ1) is 16.9. The summed E-state index contributed by atoms with van der Waals surface area (Å²) in [5, 5.41) is 9.34. The van der Waals surface area contributed by atoms with Gasteiger partial charge in [0.05, 0.1) is 17.8 Å². The van der Waals surface area contributed by atoms with Crippen molar-refractivity contribution in [1.29, 1.82) is 0 Å². The topological polar surface area (TPSA) is 73.0 Å². The molecule has 1 aliphatic heterocycles. The number of H-pyrrole nitrogens is 1. The van der Waals surface area contributed by atoms with Crippen molar-refractivity contribution >= 4 is 62.3 Å². The van der Waals surface area contributed by atoms with Gasteiger partial charge in [0.15, 0.2) is 5.11 Å². The molecule has 0 spiro atoms. The normalized spacial score (nSPS) is 17.6. The zero-order valence-corrected chi connectivity index (χ0v) is 22.5. The third-order valence-corrected chi connectivity index (χ3v) is 8.22. The minimum absolute atomic E-state index is 0.0409. The summed E-state index contributed by atoms with van der Waals surface area (Å²) in [6.45, 7) is 4.67. The molecule has 0 aliphatic carbocycles. The van der Waals surface area contributed by atoms with Gasteiger partial charge in [-0.05, 0) is 72.2 Å². The molecule has 1 amide bonds. The summed E-state index contributed by atoms with van der Waals surface area (Å²) in [6.07, 6.45) is 2.12. The number of aromatic nitrogens is 2. The van der Waals surface area contributed by atoms with Crippen LogP contribution in [0.15, 0.2) is 66.9 Å². The van der Waals surface area contributed by atoms with Crippen molar-refractivity contribution in [1.82, 2.24) is 20.2 Å². The molecule has 0 saturated carbocycles. The second kappa shape index (κ2) is 9.94. The van der Waals surface area contributed by atoms with Crippen LogP contribution in [-0.2, 0) is 4.79 Å². The summed E-state index contributed by atoms with van der Waals surface area (Å²) < 4.78 is 1.18. The number of hydrogen-bond acceptors (Lipinski definition) is 3. The van der Waals surface area contributed by atoms with Crippen molar-refractivity contribution < 1.29 is 4.79 Å². The van der Waals surface area contributed by atoms with Gasteiger partial charge >= 0.3 is 0 Å². The quantitative estimate of drug-likeness (QED) is 0.195. The van der Waals surface area contributed by atoms with Gasteiger partial charge in [-0.3, -0.25) is 9.78 Å². The van der Waals surface area contributed by atoms with Crippen molar-refractivity contribution in [2.24, 2.45) is 0 Å². The Morgan fingerprint density at radius 1 is 1.09 bits per heavy atom. The standard InChI is InChI=1S/C27H26IN5OS/c1-16-23(24(28)17(2)30-16)26-25(21-11-5-6-14-29-21)32-27(35)33(26)15-13-22(34)31-20-12-7-9-18-8-3-4-10-19(18)20/h3-12,14,25-26,30H,13,15H2,1-2H3,(H,31,34)(H,32,35)/t25-,26+/m1/s1. The molecule has 5 rings (SSSR count). The predicted octanol–water partition coefficient (Wildman–Crippen LogP) is 5.79. The Morgan fingerprint density at radius 2 is 1.86 bits per heavy atom. The van der Waals surface area contributed by atoms with E-state index in [4.69, 9.17) is 12.2 Å². The molecular formula is C27H26IN5OS. The Hall–Kier alpha value is -2.98. The van der Waals surface area contributed by atoms with E-state index >= 15 is 0 Å². The number of amides is 1. The Balaban J connectivity index is 1.40. The number of rotatable bonds is 6. The predicted molar refractivity (Wildman–Crippen MR) is 152 cm³/mol. The van der Waals surface area contributed by atoms with Crippen molar-refractivity contribution in [3.05, 3.63) is 93.1 Å². The molecule has 35 heavy (non-hydrogen) atoms. The molecule has 4 aromatic rings. The van der Waals surface area contributed by atoms with Crippen LogP contribution < -0.4 is 10.6 Å². The lowest BCUT2D eigenvalue weighted by Crippen LogP contribution is -2.33. The highest BCUT2D eigenvalue weighted by atomic mass is 127. The van der Waals surface area contributed by atoms with Crippen LogP contribution in [0.4, 0.5) is 5.69 Å². The van der Waals surface area contributed by atoms with Crippen LogP contribution in [0.2, 0.25) is 0 Å². The Kier molecular flexibility index (Phi) is 6.75. The first kappa shape index (κ1) is 23.7. The molecule has 0 radical (unpaired) electrons. The first-order valence-electron chi connectivity index (χ1n) is 11.5. The number of pyridine rings is 1. The molecule has 1 saturated heterocycles. The van der Waals surface area contributed by atoms with Gasteiger partial charge in [-0.15, -0.1) is 0 Å². The van der Waals surface area contributed by atoms with E-state index in [1.165, 1.54) is 9.13 Å². The van der Waals surface area contributed by atoms with Crippen LogP contribution in [0, 0.1) is 17.4 Å². The molecule has 8 heteroatoms. The van der Waals surface area contributed by atoms with E-state index in [0.29, 0.717) is 18.1 Å². The zero-order valence-electron chi connectivity index (χ0n) is 19.5. The fraction of sp³-hybridized carbons (Fsp3) is 0.222. The van der Waals surface area contributed by atoms with Gasteiger partial charge in [0.25, 0.3) is 0 Å². The lowest BCUT2D eigenvalue weighted by molar-refractivity contribution is -0.116. The van der Waals surface area contributed by atoms with E-state index in [2.05, 4.69) is 61.9 Å². The summed E-state index contributed by atoms with van der Waals surface area (Å²) in [7, 11) is 0. The number of benzene rings is 2. The van der Waals surface area contributed by atoms with Gasteiger partial charge in [0.2, 0.25) is 5.91 Å². The largest absolute Gasteiger partial charge is 0.362 e. The van der Waals surface area contributed by atoms with Gasteiger partial charge in [0, 0.05) is 50.8 Å². The summed E-state index contributed by atoms with van der Waals surface area (Å²) in [6, 6.07) is 19.8. The van der Waals surface area contributed by atoms with Crippen molar-refractivity contribution in [2.45, 2.75) is 32.4 Å². The summed E-state index contributed by atoms with van der Waals surface area (Å²) in [5.74, 6) is -0.0409. The fourth-order valence-corrected chi connectivity index (χ4v) is 6.04. The maximum absolute atomic E-state index is 13.0. The average molecular weight is 596 g/mol. The second-order valence-corrected chi connectivity index (χ2v) is 10.2. The minimum Gasteiger partial charge on any atom is -0.362 e. The number of halogens is 1. The fourth-order valence-electron chi connectivity index (χ4n) is 4.85. The Morgan fingerprint density at radius 3 is 2.60 bits per heavy atom. The average Bonchev–Trinajstić information content (AvgIpc) is 3.31. The third-order valence-electron chi connectivity index (χ3n) is 6.48. The third kappa shape index (κ3) is 4.64. The number of carbonyl (C=O) groups excluding carboxylic acids is 1. The van der Waals surface area contributed by atoms with Crippen LogP contribution in [-0.4, -0.2) is 32.4 Å². The number of aryl methyl sites for hydroxylation is 2. The number of nitrogens with zero attached hydrogens (tertiary/aromatic N) is 2. The lowest BCUT2D eigenvalue weighted by Gasteiger charge is -2.28. The molecule has 2 atom stereocenters. The van der Waals surface area contributed by atoms with E-state index in [1.807, 2.05) is 60.7 Å². The van der Waals surface area contributed by atoms with Gasteiger partial charge in [-0.25, -0.2) is 0 Å². The summed E-state index contributed by atoms with van der Waals surface area (Å²) in [5.41, 5.74) is 5.18. The molecule has 2 aromatic heterocycles. The van der Waals surface area contributed by atoms with Crippen molar-refractivity contribution in [3.63, 3.8) is 0 Å². The Bertz CT molecular complexity index is 1400. The molecule has 3 N–H and O–H groups in total. The number of nitrogens with one attached hydrogen (secondary N) is 3. The zero-order chi connectivity index (χ0) is 24.5. The SMILES string of the molecule is Cc1[nH]c(C)c([C@H]2[C@@H](c3ccccn3)NC(=S)N2CCC(=O)Nc2cccc3ccccc23)c1I. The second-order valence-electron chi connectivity index (χ2n) is 8.75. The highest BCUT2D eigenvalue weighted by Gasteiger charge is 2.42. The molecule has 1 fully saturated rings. The number of anilines is 1. The van der Waals surface area contributed by atoms with E-state index in [1.54, 1.807) is 6.20 Å². The molecule has 6 nitrogen and oxygen atoms in total. The summed E-state index contributed by atoms with van der Waals surface area (Å²) in [4.78, 5) is 23.2. The number of aromatic amines is 1. The van der Waals surface area contributed by atoms with Gasteiger partial charge in [-0.1, -0.05) is 42.5 Å². The number of thiocarbonyl (C=S) groups is 1. The smallest absolute Gasteiger partial charge is 0.226 e. The first-order valence-corrected chi connectivity index (χ1v) is 13.0. The molecule has 178 valence electrons. The van der Waals surface area contributed by atoms with Crippen molar-refractivity contribution in [2.75, 3.05) is 11.9 Å². The van der Waals surface area contributed by atoms with E-state index in [0.717, 1.165) is 33.5 Å². The summed E-state index contributed by atoms with van der Waals surface area (Å²) >= 11 is 8.17. The molecule has 0 unspecified atom stereocenters. The van der Waals surface area contributed by atoms with Crippen molar-refractivity contribution in [3.8, 4) is 0 Å². The Labute approximate surface area is 223 Å². The van der Waals surface area contributed by atoms with Crippen LogP contribution in [0.1, 0.15) is 41.1 Å². The molecule has 2 aromatic carbocycles. The maximum Gasteiger partial charge on any atom is 0.226 e. The van der Waals surface area contributed by atoms with Gasteiger partial charge in [-0.2, -0.15) is 0 Å². The minimum atomic E-state index is -0.104. The number of hydrogen-bond donors (Lipinski definition) is 3. The van der Waals surface area contributed by atoms with E-state index in [9.17, 15) is 4.79 Å². The monoisotopic (exact) mass is 595 g/mol. The van der Waals surface area contributed by atoms with Gasteiger partial charge in [0.1, 0.15) is 0 Å². The molecule has 3 heterocycles. The van der Waals surface area contributed by atoms with E-state index < -0.39 is 0 Å². The van der Waals surface area contributed by atoms with E-state index in [-0.39, 0.29) is 18.0 Å². The van der Waals surface area contributed by atoms with Crippen LogP contribution >= 0.6 is 34.8 Å². The lowest BCUT2D eigenvalue weighted by atomic mass is 9.96. The maximum atomic E-state index is 13.0.